The van der Waals surface area contributed by atoms with Gasteiger partial charge in [0.05, 0.1) is 34.8 Å². The first-order valence-corrected chi connectivity index (χ1v) is 8.61. The summed E-state index contributed by atoms with van der Waals surface area (Å²) in [7, 11) is -1.07. The fourth-order valence-electron chi connectivity index (χ4n) is 2.34. The van der Waals surface area contributed by atoms with Gasteiger partial charge in [-0.15, -0.1) is 0 Å². The van der Waals surface area contributed by atoms with Crippen LogP contribution in [0.4, 0.5) is 0 Å². The number of aromatic nitrogens is 2. The predicted molar refractivity (Wildman–Crippen MR) is 86.8 cm³/mol. The number of nitrogens with zero attached hydrogens (tertiary/aromatic N) is 2. The van der Waals surface area contributed by atoms with E-state index in [-0.39, 0.29) is 0 Å². The summed E-state index contributed by atoms with van der Waals surface area (Å²) in [6, 6.07) is 11.4. The molecule has 0 aliphatic carbocycles. The SMILES string of the molecule is CCCn1cncc1CS(=O)c1ccc(-c2ccco2)cc1. The van der Waals surface area contributed by atoms with E-state index in [0.717, 1.165) is 34.9 Å². The first-order chi connectivity index (χ1) is 10.8. The summed E-state index contributed by atoms with van der Waals surface area (Å²) in [5, 5.41) is 0. The van der Waals surface area contributed by atoms with E-state index >= 15 is 0 Å². The normalized spacial score (nSPS) is 12.4. The number of furan rings is 1. The molecule has 3 rings (SSSR count). The van der Waals surface area contributed by atoms with Crippen molar-refractivity contribution in [1.82, 2.24) is 9.55 Å². The largest absolute Gasteiger partial charge is 0.464 e. The Bertz CT molecular complexity index is 745. The van der Waals surface area contributed by atoms with Gasteiger partial charge in [0.1, 0.15) is 5.76 Å². The Hall–Kier alpha value is -2.14. The summed E-state index contributed by atoms with van der Waals surface area (Å²) >= 11 is 0. The molecule has 4 nitrogen and oxygen atoms in total. The molecule has 1 aromatic carbocycles. The molecular weight excluding hydrogens is 296 g/mol. The topological polar surface area (TPSA) is 48.0 Å². The van der Waals surface area contributed by atoms with E-state index < -0.39 is 10.8 Å². The Kier molecular flexibility index (Phi) is 4.53. The van der Waals surface area contributed by atoms with Crippen LogP contribution in [0.2, 0.25) is 0 Å². The molecule has 3 aromatic rings. The molecule has 0 saturated heterocycles. The molecule has 0 aliphatic rings. The quantitative estimate of drug-likeness (QED) is 0.694. The van der Waals surface area contributed by atoms with Crippen LogP contribution in [-0.4, -0.2) is 13.8 Å². The molecule has 114 valence electrons. The molecule has 0 spiro atoms. The maximum atomic E-state index is 12.5. The van der Waals surface area contributed by atoms with Gasteiger partial charge >= 0.3 is 0 Å². The van der Waals surface area contributed by atoms with E-state index in [2.05, 4.69) is 16.5 Å². The number of imidazole rings is 1. The first-order valence-electron chi connectivity index (χ1n) is 7.29. The number of hydrogen-bond acceptors (Lipinski definition) is 3. The smallest absolute Gasteiger partial charge is 0.133 e. The lowest BCUT2D eigenvalue weighted by Crippen LogP contribution is -2.04. The van der Waals surface area contributed by atoms with E-state index in [1.807, 2.05) is 36.4 Å². The van der Waals surface area contributed by atoms with Crippen LogP contribution in [0.15, 0.2) is 64.5 Å². The minimum Gasteiger partial charge on any atom is -0.464 e. The fraction of sp³-hybridized carbons (Fsp3) is 0.235. The molecule has 2 heterocycles. The molecule has 1 unspecified atom stereocenters. The first kappa shape index (κ1) is 14.8. The second-order valence-electron chi connectivity index (χ2n) is 5.07. The Morgan fingerprint density at radius 3 is 2.73 bits per heavy atom. The standard InChI is InChI=1S/C17H18N2O2S/c1-2-9-19-13-18-11-15(19)12-22(20)16-7-5-14(6-8-16)17-4-3-10-21-17/h3-8,10-11,13H,2,9,12H2,1H3. The Labute approximate surface area is 132 Å². The average molecular weight is 314 g/mol. The van der Waals surface area contributed by atoms with Gasteiger partial charge in [0, 0.05) is 23.2 Å². The van der Waals surface area contributed by atoms with Crippen molar-refractivity contribution in [1.29, 1.82) is 0 Å². The van der Waals surface area contributed by atoms with Crippen molar-refractivity contribution in [3.8, 4) is 11.3 Å². The van der Waals surface area contributed by atoms with Crippen molar-refractivity contribution in [2.45, 2.75) is 30.5 Å². The minimum atomic E-state index is -1.07. The van der Waals surface area contributed by atoms with Gasteiger partial charge in [-0.25, -0.2) is 4.98 Å². The highest BCUT2D eigenvalue weighted by atomic mass is 32.2. The zero-order valence-electron chi connectivity index (χ0n) is 12.4. The third kappa shape index (κ3) is 3.20. The molecule has 0 aliphatic heterocycles. The summed E-state index contributed by atoms with van der Waals surface area (Å²) in [4.78, 5) is 4.97. The lowest BCUT2D eigenvalue weighted by atomic mass is 10.2. The van der Waals surface area contributed by atoms with Crippen LogP contribution >= 0.6 is 0 Å². The third-order valence-corrected chi connectivity index (χ3v) is 4.82. The summed E-state index contributed by atoms with van der Waals surface area (Å²) in [6.45, 7) is 3.03. The van der Waals surface area contributed by atoms with Crippen LogP contribution in [0.3, 0.4) is 0 Å². The van der Waals surface area contributed by atoms with Gasteiger partial charge in [0.15, 0.2) is 0 Å². The van der Waals surface area contributed by atoms with Gasteiger partial charge in [-0.3, -0.25) is 4.21 Å². The van der Waals surface area contributed by atoms with E-state index in [0.29, 0.717) is 5.75 Å². The van der Waals surface area contributed by atoms with Gasteiger partial charge < -0.3 is 8.98 Å². The lowest BCUT2D eigenvalue weighted by molar-refractivity contribution is 0.582. The second kappa shape index (κ2) is 6.75. The van der Waals surface area contributed by atoms with Crippen molar-refractivity contribution in [2.75, 3.05) is 0 Å². The van der Waals surface area contributed by atoms with Crippen molar-refractivity contribution in [3.05, 3.63) is 60.9 Å². The number of rotatable bonds is 6. The molecule has 0 N–H and O–H groups in total. The molecule has 5 heteroatoms. The summed E-state index contributed by atoms with van der Waals surface area (Å²) < 4.78 is 19.9. The van der Waals surface area contributed by atoms with Crippen LogP contribution in [0.25, 0.3) is 11.3 Å². The molecule has 0 saturated carbocycles. The molecular formula is C17H18N2O2S. The van der Waals surface area contributed by atoms with Crippen molar-refractivity contribution in [3.63, 3.8) is 0 Å². The maximum absolute atomic E-state index is 12.5. The molecule has 0 bridgehead atoms. The summed E-state index contributed by atoms with van der Waals surface area (Å²) in [5.41, 5.74) is 2.00. The monoisotopic (exact) mass is 314 g/mol. The number of aryl methyl sites for hydroxylation is 1. The summed E-state index contributed by atoms with van der Waals surface area (Å²) in [6.07, 6.45) is 6.28. The highest BCUT2D eigenvalue weighted by Gasteiger charge is 2.10. The van der Waals surface area contributed by atoms with Gasteiger partial charge in [0.2, 0.25) is 0 Å². The van der Waals surface area contributed by atoms with Crippen LogP contribution in [0.1, 0.15) is 19.0 Å². The predicted octanol–water partition coefficient (Wildman–Crippen LogP) is 3.86. The third-order valence-electron chi connectivity index (χ3n) is 3.46. The Morgan fingerprint density at radius 1 is 1.23 bits per heavy atom. The zero-order chi connectivity index (χ0) is 15.4. The van der Waals surface area contributed by atoms with Crippen molar-refractivity contribution >= 4 is 10.8 Å². The molecule has 0 radical (unpaired) electrons. The highest BCUT2D eigenvalue weighted by molar-refractivity contribution is 7.84. The van der Waals surface area contributed by atoms with E-state index in [9.17, 15) is 4.21 Å². The molecule has 22 heavy (non-hydrogen) atoms. The Balaban J connectivity index is 1.73. The molecule has 0 amide bonds. The zero-order valence-corrected chi connectivity index (χ0v) is 13.3. The molecule has 0 fully saturated rings. The molecule has 1 atom stereocenters. The fourth-order valence-corrected chi connectivity index (χ4v) is 3.46. The number of hydrogen-bond donors (Lipinski definition) is 0. The number of benzene rings is 1. The van der Waals surface area contributed by atoms with Crippen LogP contribution in [-0.2, 0) is 23.1 Å². The van der Waals surface area contributed by atoms with Crippen LogP contribution in [0.5, 0.6) is 0 Å². The van der Waals surface area contributed by atoms with Gasteiger partial charge in [-0.2, -0.15) is 0 Å². The van der Waals surface area contributed by atoms with Gasteiger partial charge in [-0.1, -0.05) is 19.1 Å². The van der Waals surface area contributed by atoms with Gasteiger partial charge in [0.25, 0.3) is 0 Å². The van der Waals surface area contributed by atoms with Crippen LogP contribution < -0.4 is 0 Å². The Morgan fingerprint density at radius 2 is 2.05 bits per heavy atom. The van der Waals surface area contributed by atoms with Crippen molar-refractivity contribution < 1.29 is 8.63 Å². The average Bonchev–Trinajstić information content (AvgIpc) is 3.20. The second-order valence-corrected chi connectivity index (χ2v) is 6.52. The minimum absolute atomic E-state index is 0.486. The molecule has 2 aromatic heterocycles. The maximum Gasteiger partial charge on any atom is 0.133 e. The van der Waals surface area contributed by atoms with Crippen LogP contribution in [0, 0.1) is 0 Å². The van der Waals surface area contributed by atoms with Crippen molar-refractivity contribution in [2.24, 2.45) is 0 Å². The lowest BCUT2D eigenvalue weighted by Gasteiger charge is -2.07. The highest BCUT2D eigenvalue weighted by Crippen LogP contribution is 2.22. The van der Waals surface area contributed by atoms with Gasteiger partial charge in [-0.05, 0) is 30.7 Å². The van der Waals surface area contributed by atoms with E-state index in [1.54, 1.807) is 18.8 Å². The summed E-state index contributed by atoms with van der Waals surface area (Å²) in [5.74, 6) is 1.30. The van der Waals surface area contributed by atoms with E-state index in [4.69, 9.17) is 4.42 Å². The van der Waals surface area contributed by atoms with E-state index in [1.165, 1.54) is 0 Å².